The predicted molar refractivity (Wildman–Crippen MR) is 77.3 cm³/mol. The maximum atomic E-state index is 13.3. The highest BCUT2D eigenvalue weighted by atomic mass is 19.1. The maximum Gasteiger partial charge on any atom is 0.123 e. The molecule has 0 spiro atoms. The molecule has 2 nitrogen and oxygen atoms in total. The summed E-state index contributed by atoms with van der Waals surface area (Å²) in [6.45, 7) is 0. The Morgan fingerprint density at radius 3 is 2.85 bits per heavy atom. The van der Waals surface area contributed by atoms with E-state index < -0.39 is 5.54 Å². The number of aryl methyl sites for hydroxylation is 1. The molecular weight excluding hydrogens is 253 g/mol. The lowest BCUT2D eigenvalue weighted by molar-refractivity contribution is 0.407. The molecule has 0 amide bonds. The van der Waals surface area contributed by atoms with Gasteiger partial charge in [0.25, 0.3) is 0 Å². The molecule has 0 heterocycles. The minimum atomic E-state index is -0.433. The van der Waals surface area contributed by atoms with E-state index in [4.69, 9.17) is 10.5 Å². The van der Waals surface area contributed by atoms with E-state index in [1.165, 1.54) is 11.6 Å². The van der Waals surface area contributed by atoms with Crippen molar-refractivity contribution in [3.05, 3.63) is 65.0 Å². The zero-order chi connectivity index (χ0) is 14.2. The molecule has 0 radical (unpaired) electrons. The first-order valence-electron chi connectivity index (χ1n) is 6.81. The summed E-state index contributed by atoms with van der Waals surface area (Å²) < 4.78 is 18.6. The van der Waals surface area contributed by atoms with Crippen LogP contribution in [0.2, 0.25) is 0 Å². The van der Waals surface area contributed by atoms with Crippen molar-refractivity contribution in [3.8, 4) is 5.75 Å². The van der Waals surface area contributed by atoms with Gasteiger partial charge in [-0.05, 0) is 60.2 Å². The van der Waals surface area contributed by atoms with Crippen molar-refractivity contribution in [2.45, 2.75) is 24.8 Å². The van der Waals surface area contributed by atoms with Crippen LogP contribution in [-0.4, -0.2) is 7.11 Å². The molecule has 0 aliphatic heterocycles. The maximum absolute atomic E-state index is 13.3. The summed E-state index contributed by atoms with van der Waals surface area (Å²) >= 11 is 0. The van der Waals surface area contributed by atoms with Gasteiger partial charge in [-0.15, -0.1) is 0 Å². The molecule has 104 valence electrons. The van der Waals surface area contributed by atoms with Crippen molar-refractivity contribution >= 4 is 0 Å². The number of hydrogen-bond acceptors (Lipinski definition) is 2. The van der Waals surface area contributed by atoms with Crippen LogP contribution >= 0.6 is 0 Å². The summed E-state index contributed by atoms with van der Waals surface area (Å²) in [5.74, 6) is 0.606. The van der Waals surface area contributed by atoms with E-state index >= 15 is 0 Å². The van der Waals surface area contributed by atoms with E-state index in [0.29, 0.717) is 6.42 Å². The standard InChI is InChI=1S/C17H18FNO/c1-20-15-6-5-13-7-8-17(19,16(13)10-15)11-12-3-2-4-14(18)9-12/h2-6,9-10H,7-8,11,19H2,1H3. The lowest BCUT2D eigenvalue weighted by Crippen LogP contribution is -2.36. The fourth-order valence-electron chi connectivity index (χ4n) is 3.05. The van der Waals surface area contributed by atoms with Crippen LogP contribution in [0, 0.1) is 5.82 Å². The second-order valence-corrected chi connectivity index (χ2v) is 5.49. The Morgan fingerprint density at radius 1 is 1.25 bits per heavy atom. The van der Waals surface area contributed by atoms with Gasteiger partial charge in [0.1, 0.15) is 11.6 Å². The second-order valence-electron chi connectivity index (χ2n) is 5.49. The molecule has 1 aliphatic rings. The van der Waals surface area contributed by atoms with Crippen LogP contribution in [-0.2, 0) is 18.4 Å². The molecule has 2 aromatic rings. The molecule has 3 heteroatoms. The average molecular weight is 271 g/mol. The van der Waals surface area contributed by atoms with Crippen LogP contribution in [0.25, 0.3) is 0 Å². The molecule has 0 bridgehead atoms. The summed E-state index contributed by atoms with van der Waals surface area (Å²) in [7, 11) is 1.65. The molecule has 20 heavy (non-hydrogen) atoms. The monoisotopic (exact) mass is 271 g/mol. The minimum Gasteiger partial charge on any atom is -0.497 e. The first kappa shape index (κ1) is 13.1. The van der Waals surface area contributed by atoms with E-state index in [-0.39, 0.29) is 5.82 Å². The molecule has 0 saturated heterocycles. The van der Waals surface area contributed by atoms with Crippen molar-refractivity contribution in [2.24, 2.45) is 5.73 Å². The molecular formula is C17H18FNO. The normalized spacial score (nSPS) is 20.8. The molecule has 2 N–H and O–H groups in total. The molecule has 0 fully saturated rings. The van der Waals surface area contributed by atoms with Gasteiger partial charge in [0.05, 0.1) is 7.11 Å². The Hall–Kier alpha value is -1.87. The summed E-state index contributed by atoms with van der Waals surface area (Å²) in [6.07, 6.45) is 2.49. The second kappa shape index (κ2) is 4.91. The Kier molecular flexibility index (Phi) is 3.22. The van der Waals surface area contributed by atoms with Crippen LogP contribution in [0.1, 0.15) is 23.1 Å². The van der Waals surface area contributed by atoms with E-state index in [2.05, 4.69) is 6.07 Å². The number of methoxy groups -OCH3 is 1. The van der Waals surface area contributed by atoms with Gasteiger partial charge in [-0.2, -0.15) is 0 Å². The third kappa shape index (κ3) is 2.29. The van der Waals surface area contributed by atoms with Crippen molar-refractivity contribution < 1.29 is 9.13 Å². The number of rotatable bonds is 3. The Labute approximate surface area is 118 Å². The van der Waals surface area contributed by atoms with Crippen molar-refractivity contribution in [1.29, 1.82) is 0 Å². The lowest BCUT2D eigenvalue weighted by atomic mass is 9.86. The number of benzene rings is 2. The van der Waals surface area contributed by atoms with Gasteiger partial charge in [-0.1, -0.05) is 18.2 Å². The van der Waals surface area contributed by atoms with Gasteiger partial charge >= 0.3 is 0 Å². The van der Waals surface area contributed by atoms with Crippen molar-refractivity contribution in [2.75, 3.05) is 7.11 Å². The summed E-state index contributed by atoms with van der Waals surface area (Å²) in [6, 6.07) is 12.7. The van der Waals surface area contributed by atoms with Crippen molar-refractivity contribution in [1.82, 2.24) is 0 Å². The molecule has 1 atom stereocenters. The first-order valence-corrected chi connectivity index (χ1v) is 6.81. The Balaban J connectivity index is 1.95. The number of halogens is 1. The lowest BCUT2D eigenvalue weighted by Gasteiger charge is -2.26. The van der Waals surface area contributed by atoms with Gasteiger partial charge in [-0.25, -0.2) is 4.39 Å². The number of ether oxygens (including phenoxy) is 1. The third-order valence-corrected chi connectivity index (χ3v) is 4.10. The number of fused-ring (bicyclic) bond motifs is 1. The van der Waals surface area contributed by atoms with E-state index in [9.17, 15) is 4.39 Å². The molecule has 0 saturated carbocycles. The summed E-state index contributed by atoms with van der Waals surface area (Å²) in [4.78, 5) is 0. The largest absolute Gasteiger partial charge is 0.497 e. The van der Waals surface area contributed by atoms with Crippen LogP contribution in [0.5, 0.6) is 5.75 Å². The van der Waals surface area contributed by atoms with E-state index in [1.807, 2.05) is 18.2 Å². The number of hydrogen-bond donors (Lipinski definition) is 1. The highest BCUT2D eigenvalue weighted by Crippen LogP contribution is 2.39. The van der Waals surface area contributed by atoms with Crippen LogP contribution in [0.4, 0.5) is 4.39 Å². The zero-order valence-corrected chi connectivity index (χ0v) is 11.5. The minimum absolute atomic E-state index is 0.213. The fraction of sp³-hybridized carbons (Fsp3) is 0.294. The molecule has 1 aliphatic carbocycles. The molecule has 0 aromatic heterocycles. The SMILES string of the molecule is COc1ccc2c(c1)C(N)(Cc1cccc(F)c1)CC2. The van der Waals surface area contributed by atoms with Crippen molar-refractivity contribution in [3.63, 3.8) is 0 Å². The zero-order valence-electron chi connectivity index (χ0n) is 11.5. The quantitative estimate of drug-likeness (QED) is 0.930. The predicted octanol–water partition coefficient (Wildman–Crippen LogP) is 3.18. The fourth-order valence-corrected chi connectivity index (χ4v) is 3.05. The topological polar surface area (TPSA) is 35.2 Å². The van der Waals surface area contributed by atoms with Gasteiger partial charge in [0.2, 0.25) is 0 Å². The number of nitrogens with two attached hydrogens (primary N) is 1. The van der Waals surface area contributed by atoms with E-state index in [0.717, 1.165) is 29.7 Å². The smallest absolute Gasteiger partial charge is 0.123 e. The third-order valence-electron chi connectivity index (χ3n) is 4.10. The summed E-state index contributed by atoms with van der Waals surface area (Å²) in [5, 5.41) is 0. The Morgan fingerprint density at radius 2 is 2.10 bits per heavy atom. The van der Waals surface area contributed by atoms with Crippen LogP contribution in [0.15, 0.2) is 42.5 Å². The molecule has 2 aromatic carbocycles. The van der Waals surface area contributed by atoms with Gasteiger partial charge in [-0.3, -0.25) is 0 Å². The van der Waals surface area contributed by atoms with Crippen LogP contribution < -0.4 is 10.5 Å². The van der Waals surface area contributed by atoms with Crippen LogP contribution in [0.3, 0.4) is 0 Å². The van der Waals surface area contributed by atoms with Gasteiger partial charge < -0.3 is 10.5 Å². The Bertz CT molecular complexity index is 641. The average Bonchev–Trinajstić information content (AvgIpc) is 2.76. The van der Waals surface area contributed by atoms with Gasteiger partial charge in [0, 0.05) is 5.54 Å². The highest BCUT2D eigenvalue weighted by molar-refractivity contribution is 5.44. The van der Waals surface area contributed by atoms with Gasteiger partial charge in [0.15, 0.2) is 0 Å². The highest BCUT2D eigenvalue weighted by Gasteiger charge is 2.35. The molecule has 1 unspecified atom stereocenters. The van der Waals surface area contributed by atoms with E-state index in [1.54, 1.807) is 19.2 Å². The molecule has 3 rings (SSSR count). The summed E-state index contributed by atoms with van der Waals surface area (Å²) in [5.41, 5.74) is 9.49. The first-order chi connectivity index (χ1) is 9.60.